The third-order valence-electron chi connectivity index (χ3n) is 3.34. The lowest BCUT2D eigenvalue weighted by molar-refractivity contribution is -0.159. The normalized spacial score (nSPS) is 10.6. The number of nitriles is 1. The van der Waals surface area contributed by atoms with Crippen molar-refractivity contribution in [3.05, 3.63) is 35.9 Å². The molecule has 1 rings (SSSR count). The van der Waals surface area contributed by atoms with E-state index in [0.717, 1.165) is 37.6 Å². The molecule has 9 heteroatoms. The average molecular weight is 394 g/mol. The first kappa shape index (κ1) is 24.4. The van der Waals surface area contributed by atoms with Gasteiger partial charge in [-0.05, 0) is 38.8 Å². The molecule has 0 heterocycles. The Bertz CT molecular complexity index is 633. The van der Waals surface area contributed by atoms with E-state index in [1.165, 1.54) is 17.3 Å². The topological polar surface area (TPSA) is 117 Å². The van der Waals surface area contributed by atoms with E-state index in [0.29, 0.717) is 0 Å². The van der Waals surface area contributed by atoms with E-state index in [-0.39, 0.29) is 0 Å². The Hall–Kier alpha value is -2.57. The highest BCUT2D eigenvalue weighted by molar-refractivity contribution is 8.13. The summed E-state index contributed by atoms with van der Waals surface area (Å²) in [5, 5.41) is 24.4. The summed E-state index contributed by atoms with van der Waals surface area (Å²) in [6, 6.07) is 10.5. The number of benzene rings is 1. The van der Waals surface area contributed by atoms with Crippen molar-refractivity contribution in [3.63, 3.8) is 0 Å². The van der Waals surface area contributed by atoms with Crippen LogP contribution in [-0.4, -0.2) is 77.1 Å². The van der Waals surface area contributed by atoms with Crippen LogP contribution < -0.4 is 0 Å². The second-order valence-electron chi connectivity index (χ2n) is 5.69. The highest BCUT2D eigenvalue weighted by Gasteiger charge is 2.11. The molecule has 0 aliphatic carbocycles. The summed E-state index contributed by atoms with van der Waals surface area (Å²) < 4.78 is 0. The summed E-state index contributed by atoms with van der Waals surface area (Å²) in [5.41, 5.74) is 1.35. The molecule has 0 amide bonds. The molecule has 0 saturated carbocycles. The first-order chi connectivity index (χ1) is 12.8. The zero-order valence-electron chi connectivity index (χ0n) is 15.8. The van der Waals surface area contributed by atoms with Crippen LogP contribution in [0.25, 0.3) is 0 Å². The number of carboxylic acids is 2. The maximum Gasteiger partial charge on any atom is 0.414 e. The van der Waals surface area contributed by atoms with Crippen LogP contribution in [0.2, 0.25) is 0 Å². The van der Waals surface area contributed by atoms with Gasteiger partial charge in [0.25, 0.3) is 0 Å². The van der Waals surface area contributed by atoms with E-state index >= 15 is 0 Å². The quantitative estimate of drug-likeness (QED) is 0.311. The molecule has 0 aliphatic heterocycles. The van der Waals surface area contributed by atoms with Crippen LogP contribution in [0.5, 0.6) is 0 Å². The van der Waals surface area contributed by atoms with Crippen LogP contribution in [0.3, 0.4) is 0 Å². The molecule has 1 aromatic rings. The molecule has 148 valence electrons. The fraction of sp³-hybridized carbons (Fsp3) is 0.444. The first-order valence-corrected chi connectivity index (χ1v) is 9.44. The number of aryl methyl sites for hydroxylation is 1. The maximum absolute atomic E-state index is 9.10. The monoisotopic (exact) mass is 394 g/mol. The van der Waals surface area contributed by atoms with Crippen LogP contribution >= 0.6 is 11.8 Å². The van der Waals surface area contributed by atoms with Crippen LogP contribution in [-0.2, 0) is 16.0 Å². The van der Waals surface area contributed by atoms with Gasteiger partial charge in [-0.3, -0.25) is 0 Å². The molecule has 0 aromatic heterocycles. The predicted octanol–water partition coefficient (Wildman–Crippen LogP) is 1.84. The van der Waals surface area contributed by atoms with Crippen molar-refractivity contribution in [1.82, 2.24) is 9.80 Å². The predicted molar refractivity (Wildman–Crippen MR) is 107 cm³/mol. The number of hydrogen-bond acceptors (Lipinski definition) is 6. The molecule has 8 nitrogen and oxygen atoms in total. The molecule has 0 unspecified atom stereocenters. The smallest absolute Gasteiger partial charge is 0.414 e. The van der Waals surface area contributed by atoms with Gasteiger partial charge in [-0.25, -0.2) is 9.59 Å². The fourth-order valence-corrected chi connectivity index (χ4v) is 2.60. The number of aliphatic imine (C=N–C) groups is 1. The van der Waals surface area contributed by atoms with Crippen molar-refractivity contribution in [2.24, 2.45) is 4.99 Å². The van der Waals surface area contributed by atoms with Crippen LogP contribution in [0, 0.1) is 11.5 Å². The third kappa shape index (κ3) is 12.4. The van der Waals surface area contributed by atoms with Gasteiger partial charge in [0.15, 0.2) is 5.17 Å². The van der Waals surface area contributed by atoms with Crippen molar-refractivity contribution in [2.75, 3.05) is 40.0 Å². The van der Waals surface area contributed by atoms with E-state index in [2.05, 4.69) is 53.2 Å². The standard InChI is InChI=1S/C16H24N4S.C2H2O4/c1-19(2)12-13-20(16(21-3)18-14-17)11-7-10-15-8-5-4-6-9-15;3-1(4)2(5)6/h4-6,8-9H,7,10-13H2,1-3H3;(H,3,4)(H,5,6). The number of amidine groups is 1. The molecular weight excluding hydrogens is 368 g/mol. The number of carboxylic acid groups (broad SMARTS) is 2. The van der Waals surface area contributed by atoms with E-state index in [1.807, 2.05) is 18.5 Å². The van der Waals surface area contributed by atoms with Gasteiger partial charge in [0.2, 0.25) is 6.19 Å². The van der Waals surface area contributed by atoms with E-state index < -0.39 is 11.9 Å². The Morgan fingerprint density at radius 2 is 1.70 bits per heavy atom. The fourth-order valence-electron chi connectivity index (χ4n) is 2.03. The van der Waals surface area contributed by atoms with Crippen LogP contribution in [0.1, 0.15) is 12.0 Å². The number of rotatable bonds is 7. The van der Waals surface area contributed by atoms with Gasteiger partial charge in [0.1, 0.15) is 0 Å². The molecule has 1 aromatic carbocycles. The Labute approximate surface area is 164 Å². The Kier molecular flexibility index (Phi) is 13.2. The van der Waals surface area contributed by atoms with Gasteiger partial charge in [0.05, 0.1) is 0 Å². The first-order valence-electron chi connectivity index (χ1n) is 8.22. The molecule has 2 N–H and O–H groups in total. The summed E-state index contributed by atoms with van der Waals surface area (Å²) in [5.74, 6) is -3.65. The van der Waals surface area contributed by atoms with Crippen molar-refractivity contribution < 1.29 is 19.8 Å². The van der Waals surface area contributed by atoms with E-state index in [9.17, 15) is 0 Å². The second kappa shape index (κ2) is 14.6. The summed E-state index contributed by atoms with van der Waals surface area (Å²) >= 11 is 1.54. The maximum atomic E-state index is 9.10. The van der Waals surface area contributed by atoms with Crippen molar-refractivity contribution >= 4 is 28.9 Å². The van der Waals surface area contributed by atoms with Gasteiger partial charge in [-0.1, -0.05) is 42.1 Å². The van der Waals surface area contributed by atoms with Gasteiger partial charge < -0.3 is 20.0 Å². The summed E-state index contributed by atoms with van der Waals surface area (Å²) in [7, 11) is 4.12. The lowest BCUT2D eigenvalue weighted by Gasteiger charge is -2.25. The van der Waals surface area contributed by atoms with Crippen molar-refractivity contribution in [3.8, 4) is 6.19 Å². The zero-order valence-corrected chi connectivity index (χ0v) is 16.6. The average Bonchev–Trinajstić information content (AvgIpc) is 2.64. The zero-order chi connectivity index (χ0) is 20.7. The molecule has 0 aliphatic rings. The largest absolute Gasteiger partial charge is 0.473 e. The molecule has 27 heavy (non-hydrogen) atoms. The van der Waals surface area contributed by atoms with Crippen molar-refractivity contribution in [2.45, 2.75) is 12.8 Å². The van der Waals surface area contributed by atoms with Crippen molar-refractivity contribution in [1.29, 1.82) is 5.26 Å². The second-order valence-corrected chi connectivity index (χ2v) is 6.46. The van der Waals surface area contributed by atoms with Crippen LogP contribution in [0.4, 0.5) is 0 Å². The number of hydrogen-bond donors (Lipinski definition) is 2. The minimum Gasteiger partial charge on any atom is -0.473 e. The van der Waals surface area contributed by atoms with Gasteiger partial charge >= 0.3 is 11.9 Å². The van der Waals surface area contributed by atoms with E-state index in [1.54, 1.807) is 0 Å². The highest BCUT2D eigenvalue weighted by Crippen LogP contribution is 2.09. The summed E-state index contributed by atoms with van der Waals surface area (Å²) in [4.78, 5) is 26.5. The highest BCUT2D eigenvalue weighted by atomic mass is 32.2. The molecule has 0 bridgehead atoms. The lowest BCUT2D eigenvalue weighted by atomic mass is 10.1. The van der Waals surface area contributed by atoms with Crippen LogP contribution in [0.15, 0.2) is 35.3 Å². The molecule has 0 fully saturated rings. The van der Waals surface area contributed by atoms with Gasteiger partial charge in [-0.2, -0.15) is 5.26 Å². The Balaban J connectivity index is 0.000000972. The van der Waals surface area contributed by atoms with E-state index in [4.69, 9.17) is 25.1 Å². The SMILES string of the molecule is CSC(=NC#N)N(CCCc1ccccc1)CCN(C)C.O=C(O)C(=O)O. The number of nitrogens with zero attached hydrogens (tertiary/aromatic N) is 4. The minimum atomic E-state index is -1.82. The van der Waals surface area contributed by atoms with Gasteiger partial charge in [0, 0.05) is 19.6 Å². The molecule has 0 atom stereocenters. The number of likely N-dealkylation sites (N-methyl/N-ethyl adjacent to an activating group) is 1. The summed E-state index contributed by atoms with van der Waals surface area (Å²) in [6.45, 7) is 2.77. The number of carbonyl (C=O) groups is 2. The number of thioether (sulfide) groups is 1. The minimum absolute atomic E-state index is 0.812. The molecule has 0 spiro atoms. The Morgan fingerprint density at radius 3 is 2.15 bits per heavy atom. The van der Waals surface area contributed by atoms with Gasteiger partial charge in [-0.15, -0.1) is 4.99 Å². The third-order valence-corrected chi connectivity index (χ3v) is 4.05. The lowest BCUT2D eigenvalue weighted by Crippen LogP contribution is -2.36. The molecule has 0 saturated heterocycles. The molecular formula is C18H26N4O4S. The summed E-state index contributed by atoms with van der Waals surface area (Å²) in [6.07, 6.45) is 5.98. The number of aliphatic carboxylic acids is 2. The Morgan fingerprint density at radius 1 is 1.11 bits per heavy atom. The molecule has 0 radical (unpaired) electrons.